The second-order valence-electron chi connectivity index (χ2n) is 5.09. The number of ketones is 1. The molecule has 1 aliphatic rings. The van der Waals surface area contributed by atoms with Crippen LogP contribution in [0.4, 0.5) is 4.79 Å². The van der Waals surface area contributed by atoms with E-state index >= 15 is 0 Å². The summed E-state index contributed by atoms with van der Waals surface area (Å²) in [6.45, 7) is 7.03. The lowest BCUT2D eigenvalue weighted by molar-refractivity contribution is -0.123. The van der Waals surface area contributed by atoms with Gasteiger partial charge in [-0.05, 0) is 34.1 Å². The molecule has 0 aromatic rings. The maximum Gasteiger partial charge on any atom is 0.410 e. The first kappa shape index (κ1) is 13.0. The normalized spacial score (nSPS) is 25.7. The smallest absolute Gasteiger partial charge is 0.410 e. The van der Waals surface area contributed by atoms with Crippen molar-refractivity contribution in [3.05, 3.63) is 0 Å². The van der Waals surface area contributed by atoms with E-state index < -0.39 is 23.8 Å². The minimum atomic E-state index is -0.773. The third-order valence-electron chi connectivity index (χ3n) is 2.41. The van der Waals surface area contributed by atoms with Crippen molar-refractivity contribution < 1.29 is 19.4 Å². The summed E-state index contributed by atoms with van der Waals surface area (Å²) in [4.78, 5) is 24.4. The van der Waals surface area contributed by atoms with E-state index in [1.807, 2.05) is 0 Å². The fourth-order valence-corrected chi connectivity index (χ4v) is 1.79. The summed E-state index contributed by atoms with van der Waals surface area (Å²) in [5.74, 6) is -0.212. The second-order valence-corrected chi connectivity index (χ2v) is 5.09. The SMILES string of the molecule is CC(=O)[C@@H]1[C@H](O)CCN1C(=O)OC(C)(C)C. The van der Waals surface area contributed by atoms with Gasteiger partial charge in [-0.25, -0.2) is 4.79 Å². The van der Waals surface area contributed by atoms with E-state index in [2.05, 4.69) is 0 Å². The minimum absolute atomic E-state index is 0.212. The van der Waals surface area contributed by atoms with Crippen LogP contribution in [0.15, 0.2) is 0 Å². The standard InChI is InChI=1S/C11H19NO4/c1-7(13)9-8(14)5-6-12(9)10(15)16-11(2,3)4/h8-9,14H,5-6H2,1-4H3/t8-,9-/m1/s1. The van der Waals surface area contributed by atoms with Gasteiger partial charge in [0.15, 0.2) is 5.78 Å². The Bertz CT molecular complexity index is 295. The van der Waals surface area contributed by atoms with Gasteiger partial charge in [0.25, 0.3) is 0 Å². The lowest BCUT2D eigenvalue weighted by Gasteiger charge is -2.28. The van der Waals surface area contributed by atoms with Crippen molar-refractivity contribution in [3.8, 4) is 0 Å². The Hall–Kier alpha value is -1.10. The number of hydrogen-bond acceptors (Lipinski definition) is 4. The van der Waals surface area contributed by atoms with Crippen molar-refractivity contribution in [2.24, 2.45) is 0 Å². The molecule has 5 nitrogen and oxygen atoms in total. The summed E-state index contributed by atoms with van der Waals surface area (Å²) < 4.78 is 5.17. The fourth-order valence-electron chi connectivity index (χ4n) is 1.79. The predicted octanol–water partition coefficient (Wildman–Crippen LogP) is 0.946. The van der Waals surface area contributed by atoms with Gasteiger partial charge in [-0.3, -0.25) is 9.69 Å². The van der Waals surface area contributed by atoms with E-state index in [9.17, 15) is 14.7 Å². The highest BCUT2D eigenvalue weighted by atomic mass is 16.6. The molecule has 0 spiro atoms. The summed E-state index contributed by atoms with van der Waals surface area (Å²) in [6, 6.07) is -0.755. The van der Waals surface area contributed by atoms with Crippen molar-refractivity contribution in [3.63, 3.8) is 0 Å². The molecule has 1 fully saturated rings. The molecule has 16 heavy (non-hydrogen) atoms. The Kier molecular flexibility index (Phi) is 3.57. The number of Topliss-reactive ketones (excluding diaryl/α,β-unsaturated/α-hetero) is 1. The maximum absolute atomic E-state index is 11.8. The summed E-state index contributed by atoms with van der Waals surface area (Å²) in [5, 5.41) is 9.61. The zero-order valence-corrected chi connectivity index (χ0v) is 10.2. The number of amides is 1. The van der Waals surface area contributed by atoms with E-state index in [1.165, 1.54) is 11.8 Å². The number of rotatable bonds is 1. The average molecular weight is 229 g/mol. The highest BCUT2D eigenvalue weighted by Crippen LogP contribution is 2.21. The zero-order valence-electron chi connectivity index (χ0n) is 10.2. The molecule has 1 N–H and O–H groups in total. The molecule has 0 unspecified atom stereocenters. The van der Waals surface area contributed by atoms with Crippen LogP contribution in [0.2, 0.25) is 0 Å². The van der Waals surface area contributed by atoms with Gasteiger partial charge in [-0.2, -0.15) is 0 Å². The van der Waals surface area contributed by atoms with Gasteiger partial charge in [0.05, 0.1) is 6.10 Å². The molecular weight excluding hydrogens is 210 g/mol. The molecule has 0 saturated carbocycles. The number of carbonyl (C=O) groups excluding carboxylic acids is 2. The van der Waals surface area contributed by atoms with Crippen LogP contribution in [0.5, 0.6) is 0 Å². The highest BCUT2D eigenvalue weighted by Gasteiger charge is 2.40. The number of nitrogens with zero attached hydrogens (tertiary/aromatic N) is 1. The lowest BCUT2D eigenvalue weighted by Crippen LogP contribution is -2.46. The molecule has 0 bridgehead atoms. The molecule has 1 amide bonds. The molecule has 0 aliphatic carbocycles. The zero-order chi connectivity index (χ0) is 12.5. The van der Waals surface area contributed by atoms with Gasteiger partial charge >= 0.3 is 6.09 Å². The first-order valence-electron chi connectivity index (χ1n) is 5.40. The first-order valence-corrected chi connectivity index (χ1v) is 5.40. The number of aliphatic hydroxyl groups is 1. The summed E-state index contributed by atoms with van der Waals surface area (Å²) in [6.07, 6.45) is -0.891. The molecule has 0 aromatic heterocycles. The van der Waals surface area contributed by atoms with Gasteiger partial charge in [0, 0.05) is 6.54 Å². The topological polar surface area (TPSA) is 66.8 Å². The number of likely N-dealkylation sites (tertiary alicyclic amines) is 1. The van der Waals surface area contributed by atoms with Crippen LogP contribution in [0.1, 0.15) is 34.1 Å². The van der Waals surface area contributed by atoms with Crippen LogP contribution < -0.4 is 0 Å². The van der Waals surface area contributed by atoms with Gasteiger partial charge < -0.3 is 9.84 Å². The number of carbonyl (C=O) groups is 2. The molecule has 1 aliphatic heterocycles. The van der Waals surface area contributed by atoms with Gasteiger partial charge in [0.1, 0.15) is 11.6 Å². The van der Waals surface area contributed by atoms with E-state index in [1.54, 1.807) is 20.8 Å². The molecule has 5 heteroatoms. The molecule has 0 radical (unpaired) electrons. The van der Waals surface area contributed by atoms with E-state index in [4.69, 9.17) is 4.74 Å². The largest absolute Gasteiger partial charge is 0.444 e. The molecule has 2 atom stereocenters. The molecule has 1 rings (SSSR count). The summed E-state index contributed by atoms with van der Waals surface area (Å²) >= 11 is 0. The van der Waals surface area contributed by atoms with Crippen LogP contribution in [-0.4, -0.2) is 46.2 Å². The third-order valence-corrected chi connectivity index (χ3v) is 2.41. The van der Waals surface area contributed by atoms with Crippen LogP contribution in [0.25, 0.3) is 0 Å². The van der Waals surface area contributed by atoms with E-state index in [0.29, 0.717) is 13.0 Å². The van der Waals surface area contributed by atoms with Crippen molar-refractivity contribution in [1.29, 1.82) is 0 Å². The molecule has 1 heterocycles. The number of ether oxygens (including phenoxy) is 1. The van der Waals surface area contributed by atoms with Crippen LogP contribution >= 0.6 is 0 Å². The summed E-state index contributed by atoms with van der Waals surface area (Å²) in [5.41, 5.74) is -0.591. The molecule has 1 saturated heterocycles. The average Bonchev–Trinajstić information content (AvgIpc) is 2.43. The predicted molar refractivity (Wildman–Crippen MR) is 58.0 cm³/mol. The Morgan fingerprint density at radius 2 is 1.94 bits per heavy atom. The Morgan fingerprint density at radius 1 is 1.38 bits per heavy atom. The second kappa shape index (κ2) is 4.41. The first-order chi connectivity index (χ1) is 7.22. The fraction of sp³-hybridized carbons (Fsp3) is 0.818. The lowest BCUT2D eigenvalue weighted by atomic mass is 10.1. The number of hydrogen-bond donors (Lipinski definition) is 1. The Labute approximate surface area is 95.4 Å². The van der Waals surface area contributed by atoms with Crippen molar-refractivity contribution in [2.75, 3.05) is 6.54 Å². The maximum atomic E-state index is 11.8. The van der Waals surface area contributed by atoms with Crippen molar-refractivity contribution in [2.45, 2.75) is 51.9 Å². The Balaban J connectivity index is 2.73. The monoisotopic (exact) mass is 229 g/mol. The van der Waals surface area contributed by atoms with Gasteiger partial charge in [-0.1, -0.05) is 0 Å². The quantitative estimate of drug-likeness (QED) is 0.726. The van der Waals surface area contributed by atoms with E-state index in [-0.39, 0.29) is 5.78 Å². The van der Waals surface area contributed by atoms with Gasteiger partial charge in [-0.15, -0.1) is 0 Å². The van der Waals surface area contributed by atoms with Crippen LogP contribution in [-0.2, 0) is 9.53 Å². The highest BCUT2D eigenvalue weighted by molar-refractivity contribution is 5.86. The van der Waals surface area contributed by atoms with Crippen molar-refractivity contribution in [1.82, 2.24) is 4.90 Å². The summed E-state index contributed by atoms with van der Waals surface area (Å²) in [7, 11) is 0. The molecule has 92 valence electrons. The van der Waals surface area contributed by atoms with Gasteiger partial charge in [0.2, 0.25) is 0 Å². The minimum Gasteiger partial charge on any atom is -0.444 e. The van der Waals surface area contributed by atoms with Crippen molar-refractivity contribution >= 4 is 11.9 Å². The number of aliphatic hydroxyl groups excluding tert-OH is 1. The van der Waals surface area contributed by atoms with Crippen LogP contribution in [0, 0.1) is 0 Å². The molecule has 0 aromatic carbocycles. The molecular formula is C11H19NO4. The van der Waals surface area contributed by atoms with Crippen LogP contribution in [0.3, 0.4) is 0 Å². The Morgan fingerprint density at radius 3 is 2.38 bits per heavy atom. The third kappa shape index (κ3) is 2.95. The van der Waals surface area contributed by atoms with E-state index in [0.717, 1.165) is 0 Å².